The number of hydrogen-bond acceptors (Lipinski definition) is 3. The number of carboxylic acids is 1. The molecule has 0 aromatic carbocycles. The lowest BCUT2D eigenvalue weighted by atomic mass is 10.1. The first-order chi connectivity index (χ1) is 15.6. The average Bonchev–Trinajstić information content (AvgIpc) is 2.76. The summed E-state index contributed by atoms with van der Waals surface area (Å²) in [5.41, 5.74) is 0. The van der Waals surface area contributed by atoms with Crippen LogP contribution < -0.4 is 0 Å². The maximum atomic E-state index is 12.2. The summed E-state index contributed by atoms with van der Waals surface area (Å²) in [6, 6.07) is 0. The largest absolute Gasteiger partial charge is 0.481 e. The number of hydrogen-bond donors (Lipinski definition) is 1. The van der Waals surface area contributed by atoms with Crippen molar-refractivity contribution in [2.75, 3.05) is 0 Å². The molecule has 0 aromatic heterocycles. The first kappa shape index (κ1) is 30.4. The van der Waals surface area contributed by atoms with Crippen molar-refractivity contribution >= 4 is 11.9 Å². The molecule has 0 aliphatic rings. The molecule has 4 heteroatoms. The molecule has 0 rings (SSSR count). The van der Waals surface area contributed by atoms with E-state index in [9.17, 15) is 9.59 Å². The van der Waals surface area contributed by atoms with E-state index >= 15 is 0 Å². The quantitative estimate of drug-likeness (QED) is 0.0962. The SMILES string of the molecule is CCCCCC/C=C\C/C=C\C(CCCCCCCCC(=O)O)OC(=O)CCCCCC. The first-order valence-electron chi connectivity index (χ1n) is 13.3. The van der Waals surface area contributed by atoms with Gasteiger partial charge >= 0.3 is 11.9 Å². The monoisotopic (exact) mass is 450 g/mol. The highest BCUT2D eigenvalue weighted by Gasteiger charge is 2.11. The molecule has 0 amide bonds. The molecule has 1 atom stereocenters. The number of esters is 1. The Morgan fingerprint density at radius 1 is 0.719 bits per heavy atom. The lowest BCUT2D eigenvalue weighted by molar-refractivity contribution is -0.147. The second-order valence-electron chi connectivity index (χ2n) is 8.88. The Labute approximate surface area is 197 Å². The number of aliphatic carboxylic acids is 1. The Morgan fingerprint density at radius 3 is 2.00 bits per heavy atom. The molecule has 0 saturated heterocycles. The summed E-state index contributed by atoms with van der Waals surface area (Å²) < 4.78 is 5.76. The van der Waals surface area contributed by atoms with Crippen molar-refractivity contribution in [1.29, 1.82) is 0 Å². The zero-order chi connectivity index (χ0) is 23.7. The molecule has 0 radical (unpaired) electrons. The third kappa shape index (κ3) is 23.1. The number of carboxylic acid groups (broad SMARTS) is 1. The predicted octanol–water partition coefficient (Wildman–Crippen LogP) is 8.55. The van der Waals surface area contributed by atoms with Crippen LogP contribution in [0.1, 0.15) is 136 Å². The summed E-state index contributed by atoms with van der Waals surface area (Å²) in [6.45, 7) is 4.41. The van der Waals surface area contributed by atoms with Gasteiger partial charge in [0.05, 0.1) is 0 Å². The van der Waals surface area contributed by atoms with Gasteiger partial charge in [-0.3, -0.25) is 9.59 Å². The topological polar surface area (TPSA) is 63.6 Å². The van der Waals surface area contributed by atoms with E-state index in [1.807, 2.05) is 0 Å². The fourth-order valence-electron chi connectivity index (χ4n) is 3.66. The Kier molecular flexibility index (Phi) is 22.9. The second kappa shape index (κ2) is 24.1. The van der Waals surface area contributed by atoms with Crippen LogP contribution in [0.15, 0.2) is 24.3 Å². The molecule has 1 N–H and O–H groups in total. The van der Waals surface area contributed by atoms with Crippen molar-refractivity contribution in [3.8, 4) is 0 Å². The molecule has 0 saturated carbocycles. The summed E-state index contributed by atoms with van der Waals surface area (Å²) in [5.74, 6) is -0.779. The van der Waals surface area contributed by atoms with Gasteiger partial charge < -0.3 is 9.84 Å². The summed E-state index contributed by atoms with van der Waals surface area (Å²) in [7, 11) is 0. The number of carbonyl (C=O) groups excluding carboxylic acids is 1. The summed E-state index contributed by atoms with van der Waals surface area (Å²) in [6.07, 6.45) is 27.8. The van der Waals surface area contributed by atoms with Gasteiger partial charge in [-0.15, -0.1) is 0 Å². The van der Waals surface area contributed by atoms with Crippen molar-refractivity contribution in [3.05, 3.63) is 24.3 Å². The summed E-state index contributed by atoms with van der Waals surface area (Å²) in [5, 5.41) is 8.68. The highest BCUT2D eigenvalue weighted by Crippen LogP contribution is 2.14. The van der Waals surface area contributed by atoms with Gasteiger partial charge in [0.2, 0.25) is 0 Å². The minimum absolute atomic E-state index is 0.0733. The highest BCUT2D eigenvalue weighted by atomic mass is 16.5. The first-order valence-corrected chi connectivity index (χ1v) is 13.3. The van der Waals surface area contributed by atoms with Gasteiger partial charge in [0.25, 0.3) is 0 Å². The molecule has 0 spiro atoms. The number of ether oxygens (including phenoxy) is 1. The third-order valence-electron chi connectivity index (χ3n) is 5.66. The summed E-state index contributed by atoms with van der Waals surface area (Å²) >= 11 is 0. The maximum Gasteiger partial charge on any atom is 0.306 e. The molecule has 0 aliphatic heterocycles. The van der Waals surface area contributed by atoms with Crippen LogP contribution in [-0.4, -0.2) is 23.1 Å². The number of allylic oxidation sites excluding steroid dienone is 3. The fraction of sp³-hybridized carbons (Fsp3) is 0.786. The molecule has 0 fully saturated rings. The molecule has 1 unspecified atom stereocenters. The Morgan fingerprint density at radius 2 is 1.31 bits per heavy atom. The predicted molar refractivity (Wildman–Crippen MR) is 135 cm³/mol. The molecular formula is C28H50O4. The number of carbonyl (C=O) groups is 2. The van der Waals surface area contributed by atoms with Crippen LogP contribution in [0.2, 0.25) is 0 Å². The molecule has 0 aromatic rings. The Bertz CT molecular complexity index is 496. The fourth-order valence-corrected chi connectivity index (χ4v) is 3.66. The minimum Gasteiger partial charge on any atom is -0.481 e. The zero-order valence-corrected chi connectivity index (χ0v) is 21.0. The van der Waals surface area contributed by atoms with E-state index in [1.54, 1.807) is 0 Å². The van der Waals surface area contributed by atoms with Crippen molar-refractivity contribution < 1.29 is 19.4 Å². The van der Waals surface area contributed by atoms with Gasteiger partial charge in [-0.2, -0.15) is 0 Å². The van der Waals surface area contributed by atoms with Crippen molar-refractivity contribution in [2.45, 2.75) is 142 Å². The van der Waals surface area contributed by atoms with Gasteiger partial charge in [-0.05, 0) is 51.0 Å². The van der Waals surface area contributed by atoms with Crippen molar-refractivity contribution in [3.63, 3.8) is 0 Å². The molecule has 0 aliphatic carbocycles. The van der Waals surface area contributed by atoms with Crippen LogP contribution in [0.25, 0.3) is 0 Å². The molecule has 4 nitrogen and oxygen atoms in total. The van der Waals surface area contributed by atoms with Gasteiger partial charge in [0.1, 0.15) is 6.10 Å². The van der Waals surface area contributed by atoms with E-state index in [-0.39, 0.29) is 18.5 Å². The minimum atomic E-state index is -0.706. The van der Waals surface area contributed by atoms with Gasteiger partial charge in [0, 0.05) is 12.8 Å². The lowest BCUT2D eigenvalue weighted by Gasteiger charge is -2.14. The van der Waals surface area contributed by atoms with Gasteiger partial charge in [-0.1, -0.05) is 96.3 Å². The Hall–Kier alpha value is -1.58. The van der Waals surface area contributed by atoms with Crippen molar-refractivity contribution in [2.24, 2.45) is 0 Å². The normalized spacial score (nSPS) is 12.6. The van der Waals surface area contributed by atoms with E-state index in [4.69, 9.17) is 9.84 Å². The summed E-state index contributed by atoms with van der Waals surface area (Å²) in [4.78, 5) is 22.8. The third-order valence-corrected chi connectivity index (χ3v) is 5.66. The van der Waals surface area contributed by atoms with E-state index in [2.05, 4.69) is 38.2 Å². The van der Waals surface area contributed by atoms with Gasteiger partial charge in [0.15, 0.2) is 0 Å². The standard InChI is InChI=1S/C28H50O4/c1-3-5-7-9-10-11-12-15-18-22-26(32-28(31)25-21-8-6-4-2)23-19-16-13-14-17-20-24-27(29)30/h11-12,18,22,26H,3-10,13-17,19-21,23-25H2,1-2H3,(H,29,30)/b12-11-,22-18-. The van der Waals surface area contributed by atoms with Gasteiger partial charge in [-0.25, -0.2) is 0 Å². The average molecular weight is 451 g/mol. The maximum absolute atomic E-state index is 12.2. The molecule has 0 bridgehead atoms. The number of rotatable bonds is 23. The molecule has 32 heavy (non-hydrogen) atoms. The van der Waals surface area contributed by atoms with Crippen molar-refractivity contribution in [1.82, 2.24) is 0 Å². The van der Waals surface area contributed by atoms with E-state index < -0.39 is 5.97 Å². The second-order valence-corrected chi connectivity index (χ2v) is 8.88. The lowest BCUT2D eigenvalue weighted by Crippen LogP contribution is -2.16. The zero-order valence-electron chi connectivity index (χ0n) is 21.0. The van der Waals surface area contributed by atoms with Crippen LogP contribution in [0, 0.1) is 0 Å². The smallest absolute Gasteiger partial charge is 0.306 e. The molecule has 186 valence electrons. The van der Waals surface area contributed by atoms with Crippen LogP contribution in [0.3, 0.4) is 0 Å². The van der Waals surface area contributed by atoms with E-state index in [0.717, 1.165) is 70.6 Å². The van der Waals surface area contributed by atoms with Crippen LogP contribution >= 0.6 is 0 Å². The Balaban J connectivity index is 4.22. The van der Waals surface area contributed by atoms with E-state index in [0.29, 0.717) is 6.42 Å². The van der Waals surface area contributed by atoms with Crippen LogP contribution in [0.4, 0.5) is 0 Å². The van der Waals surface area contributed by atoms with Crippen LogP contribution in [-0.2, 0) is 14.3 Å². The van der Waals surface area contributed by atoms with E-state index in [1.165, 1.54) is 38.5 Å². The molecule has 0 heterocycles. The highest BCUT2D eigenvalue weighted by molar-refractivity contribution is 5.69. The molecular weight excluding hydrogens is 400 g/mol. The number of unbranched alkanes of at least 4 members (excludes halogenated alkanes) is 12. The van der Waals surface area contributed by atoms with Crippen LogP contribution in [0.5, 0.6) is 0 Å².